The van der Waals surface area contributed by atoms with Gasteiger partial charge in [-0.15, -0.1) is 23.2 Å². The average Bonchev–Trinajstić information content (AvgIpc) is 3.07. The van der Waals surface area contributed by atoms with Crippen molar-refractivity contribution >= 4 is 23.2 Å². The second kappa shape index (κ2) is 3.19. The molecule has 1 aromatic rings. The number of nitrogens with zero attached hydrogens (tertiary/aromatic N) is 1. The molecule has 0 saturated heterocycles. The van der Waals surface area contributed by atoms with Gasteiger partial charge < -0.3 is 0 Å². The fourth-order valence-electron chi connectivity index (χ4n) is 4.15. The zero-order chi connectivity index (χ0) is 11.7. The number of nitriles is 1. The van der Waals surface area contributed by atoms with Crippen LogP contribution >= 0.6 is 23.2 Å². The number of fused-ring (bicyclic) bond motifs is 1. The van der Waals surface area contributed by atoms with Crippen LogP contribution in [0.5, 0.6) is 0 Å². The van der Waals surface area contributed by atoms with Crippen molar-refractivity contribution in [3.63, 3.8) is 0 Å². The summed E-state index contributed by atoms with van der Waals surface area (Å²) in [5.74, 6) is 1.65. The summed E-state index contributed by atoms with van der Waals surface area (Å²) in [5, 5.41) is 9.18. The second-order valence-electron chi connectivity index (χ2n) is 5.38. The van der Waals surface area contributed by atoms with Gasteiger partial charge in [0, 0.05) is 11.8 Å². The van der Waals surface area contributed by atoms with Gasteiger partial charge in [0.15, 0.2) is 0 Å². The van der Waals surface area contributed by atoms with E-state index in [0.29, 0.717) is 11.8 Å². The molecule has 4 aliphatic rings. The topological polar surface area (TPSA) is 23.8 Å². The summed E-state index contributed by atoms with van der Waals surface area (Å²) < 4.78 is 0. The van der Waals surface area contributed by atoms with Crippen molar-refractivity contribution in [2.75, 3.05) is 0 Å². The Kier molecular flexibility index (Phi) is 1.92. The van der Waals surface area contributed by atoms with Gasteiger partial charge in [-0.2, -0.15) is 5.26 Å². The lowest BCUT2D eigenvalue weighted by Gasteiger charge is -2.44. The monoisotopic (exact) mass is 263 g/mol. The fourth-order valence-corrected chi connectivity index (χ4v) is 5.07. The maximum Gasteiger partial charge on any atom is 0.0662 e. The van der Waals surface area contributed by atoms with Crippen LogP contribution in [0, 0.1) is 29.1 Å². The molecule has 0 radical (unpaired) electrons. The lowest BCUT2D eigenvalue weighted by molar-refractivity contribution is 0.350. The largest absolute Gasteiger partial charge is 0.198 e. The molecule has 0 heterocycles. The van der Waals surface area contributed by atoms with Crippen LogP contribution in [0.1, 0.15) is 23.0 Å². The van der Waals surface area contributed by atoms with Gasteiger partial charge in [-0.25, -0.2) is 0 Å². The van der Waals surface area contributed by atoms with Gasteiger partial charge >= 0.3 is 0 Å². The quantitative estimate of drug-likeness (QED) is 0.658. The molecule has 4 aliphatic carbocycles. The molecule has 0 N–H and O–H groups in total. The van der Waals surface area contributed by atoms with Crippen LogP contribution in [0.15, 0.2) is 24.3 Å². The van der Waals surface area contributed by atoms with Crippen molar-refractivity contribution in [1.82, 2.24) is 0 Å². The minimum absolute atomic E-state index is 0.0174. The zero-order valence-electron chi connectivity index (χ0n) is 9.05. The van der Waals surface area contributed by atoms with Crippen molar-refractivity contribution in [2.45, 2.75) is 22.6 Å². The third-order valence-electron chi connectivity index (χ3n) is 4.82. The van der Waals surface area contributed by atoms with Gasteiger partial charge in [-0.1, -0.05) is 24.3 Å². The van der Waals surface area contributed by atoms with E-state index in [1.165, 1.54) is 11.1 Å². The van der Waals surface area contributed by atoms with Crippen molar-refractivity contribution in [3.8, 4) is 6.07 Å². The van der Waals surface area contributed by atoms with E-state index >= 15 is 0 Å². The van der Waals surface area contributed by atoms with E-state index in [1.807, 2.05) is 0 Å². The van der Waals surface area contributed by atoms with E-state index in [0.717, 1.165) is 0 Å². The molecule has 0 aliphatic heterocycles. The molecule has 0 aromatic heterocycles. The van der Waals surface area contributed by atoms with E-state index in [9.17, 15) is 5.26 Å². The molecule has 0 spiro atoms. The Labute approximate surface area is 110 Å². The van der Waals surface area contributed by atoms with Crippen molar-refractivity contribution in [3.05, 3.63) is 35.4 Å². The number of halogens is 2. The first kappa shape index (κ1) is 10.2. The Hall–Kier alpha value is -0.710. The van der Waals surface area contributed by atoms with Crippen LogP contribution < -0.4 is 0 Å². The van der Waals surface area contributed by atoms with Crippen molar-refractivity contribution in [2.24, 2.45) is 17.8 Å². The normalized spacial score (nSPS) is 49.1. The van der Waals surface area contributed by atoms with E-state index in [2.05, 4.69) is 30.3 Å². The highest BCUT2D eigenvalue weighted by atomic mass is 35.5. The van der Waals surface area contributed by atoms with Gasteiger partial charge in [0.05, 0.1) is 22.7 Å². The fraction of sp³-hybridized carbons (Fsp3) is 0.500. The minimum atomic E-state index is -0.0174. The molecule has 2 saturated carbocycles. The molecule has 86 valence electrons. The van der Waals surface area contributed by atoms with Gasteiger partial charge in [0.2, 0.25) is 0 Å². The minimum Gasteiger partial charge on any atom is -0.198 e. The lowest BCUT2D eigenvalue weighted by Crippen LogP contribution is -2.41. The van der Waals surface area contributed by atoms with Crippen LogP contribution in [0.25, 0.3) is 0 Å². The molecular weight excluding hydrogens is 253 g/mol. The van der Waals surface area contributed by atoms with Crippen LogP contribution in [0.2, 0.25) is 0 Å². The number of rotatable bonds is 0. The first-order valence-electron chi connectivity index (χ1n) is 6.02. The van der Waals surface area contributed by atoms with E-state index < -0.39 is 0 Å². The SMILES string of the molecule is N#CC1[C@@H]2[C@H]3c4ccccc4[C@H]([C@H](Cl)[C@H]3Cl)[C@H]12. The molecule has 7 atom stereocenters. The molecule has 3 heteroatoms. The Morgan fingerprint density at radius 2 is 1.41 bits per heavy atom. The predicted octanol–water partition coefficient (Wildman–Crippen LogP) is 3.48. The molecule has 1 unspecified atom stereocenters. The summed E-state index contributed by atoms with van der Waals surface area (Å²) in [6.07, 6.45) is 0. The van der Waals surface area contributed by atoms with E-state index in [1.54, 1.807) is 0 Å². The van der Waals surface area contributed by atoms with Gasteiger partial charge in [-0.05, 0) is 23.0 Å². The molecule has 0 amide bonds. The highest BCUT2D eigenvalue weighted by Gasteiger charge is 2.69. The first-order valence-corrected chi connectivity index (χ1v) is 6.89. The molecule has 2 bridgehead atoms. The molecule has 17 heavy (non-hydrogen) atoms. The summed E-state index contributed by atoms with van der Waals surface area (Å²) in [6.45, 7) is 0. The lowest BCUT2D eigenvalue weighted by atomic mass is 9.66. The zero-order valence-corrected chi connectivity index (χ0v) is 10.6. The molecule has 2 fully saturated rings. The molecule has 1 nitrogen and oxygen atoms in total. The Morgan fingerprint density at radius 3 is 1.82 bits per heavy atom. The Morgan fingerprint density at radius 1 is 0.941 bits per heavy atom. The van der Waals surface area contributed by atoms with Crippen LogP contribution in [0.4, 0.5) is 0 Å². The number of benzene rings is 1. The second-order valence-corrected chi connectivity index (χ2v) is 6.39. The predicted molar refractivity (Wildman–Crippen MR) is 67.3 cm³/mol. The summed E-state index contributed by atoms with van der Waals surface area (Å²) in [5.41, 5.74) is 2.68. The van der Waals surface area contributed by atoms with Crippen molar-refractivity contribution < 1.29 is 0 Å². The summed E-state index contributed by atoms with van der Waals surface area (Å²) in [4.78, 5) is 0. The molecular formula is C14H11Cl2N. The Bertz CT molecular complexity index is 494. The third-order valence-corrected chi connectivity index (χ3v) is 6.03. The van der Waals surface area contributed by atoms with Gasteiger partial charge in [0.1, 0.15) is 0 Å². The van der Waals surface area contributed by atoms with Crippen LogP contribution in [-0.4, -0.2) is 10.8 Å². The first-order chi connectivity index (χ1) is 8.25. The highest BCUT2D eigenvalue weighted by Crippen LogP contribution is 2.71. The number of hydrogen-bond acceptors (Lipinski definition) is 1. The van der Waals surface area contributed by atoms with Gasteiger partial charge in [0.25, 0.3) is 0 Å². The Balaban J connectivity index is 1.93. The molecule has 5 rings (SSSR count). The summed E-state index contributed by atoms with van der Waals surface area (Å²) in [7, 11) is 0. The number of hydrogen-bond donors (Lipinski definition) is 0. The summed E-state index contributed by atoms with van der Waals surface area (Å²) in [6, 6.07) is 10.9. The van der Waals surface area contributed by atoms with E-state index in [4.69, 9.17) is 23.2 Å². The van der Waals surface area contributed by atoms with E-state index in [-0.39, 0.29) is 28.5 Å². The van der Waals surface area contributed by atoms with Crippen molar-refractivity contribution in [1.29, 1.82) is 5.26 Å². The standard InChI is InChI=1S/C14H11Cl2N/c15-13-11-6-3-1-2-4-7(6)12(14(13)16)10-8(5-17)9(10)11/h1-4,8-14H/t8?,9-,10+,11+,12-,13-,14-/m0/s1. The smallest absolute Gasteiger partial charge is 0.0662 e. The maximum absolute atomic E-state index is 9.22. The van der Waals surface area contributed by atoms with Crippen LogP contribution in [0.3, 0.4) is 0 Å². The third kappa shape index (κ3) is 1.07. The van der Waals surface area contributed by atoms with Gasteiger partial charge in [-0.3, -0.25) is 0 Å². The average molecular weight is 264 g/mol. The number of alkyl halides is 2. The van der Waals surface area contributed by atoms with Crippen LogP contribution in [-0.2, 0) is 0 Å². The molecule has 1 aromatic carbocycles. The maximum atomic E-state index is 9.22. The highest BCUT2D eigenvalue weighted by molar-refractivity contribution is 6.31. The summed E-state index contributed by atoms with van der Waals surface area (Å²) >= 11 is 13.0.